The van der Waals surface area contributed by atoms with Crippen LogP contribution in [0.25, 0.3) is 0 Å². The van der Waals surface area contributed by atoms with Crippen LogP contribution in [-0.2, 0) is 4.79 Å². The quantitative estimate of drug-likeness (QED) is 0.753. The lowest BCUT2D eigenvalue weighted by Gasteiger charge is -2.16. The molecule has 1 aliphatic carbocycles. The number of benzene rings is 1. The van der Waals surface area contributed by atoms with E-state index in [-0.39, 0.29) is 11.9 Å². The Labute approximate surface area is 95.3 Å². The molecule has 3 N–H and O–H groups in total. The van der Waals surface area contributed by atoms with Crippen molar-refractivity contribution in [2.45, 2.75) is 24.9 Å². The van der Waals surface area contributed by atoms with Crippen LogP contribution in [-0.4, -0.2) is 11.9 Å². The van der Waals surface area contributed by atoms with E-state index in [1.54, 1.807) is 0 Å². The zero-order chi connectivity index (χ0) is 11.4. The summed E-state index contributed by atoms with van der Waals surface area (Å²) in [5, 5.41) is 2.95. The summed E-state index contributed by atoms with van der Waals surface area (Å²) in [7, 11) is 0. The normalized spacial score (nSPS) is 17.3. The predicted molar refractivity (Wildman–Crippen MR) is 63.7 cm³/mol. The third kappa shape index (κ3) is 2.49. The van der Waals surface area contributed by atoms with Crippen LogP contribution in [0.1, 0.15) is 24.4 Å². The molecule has 0 aromatic heterocycles. The van der Waals surface area contributed by atoms with Crippen molar-refractivity contribution in [3.63, 3.8) is 0 Å². The molecular weight excluding hydrogens is 200 g/mol. The standard InChI is InChI=1S/C13H16N2O/c14-12(10-6-2-1-3-7-10)13(16)15-11-8-4-5-9-11/h1-7,11-12H,8-9,14H2,(H,15,16)/t12-/m1/s1. The van der Waals surface area contributed by atoms with Crippen molar-refractivity contribution < 1.29 is 4.79 Å². The molecule has 0 spiro atoms. The fourth-order valence-electron chi connectivity index (χ4n) is 1.84. The molecule has 0 unspecified atom stereocenters. The molecule has 0 saturated carbocycles. The highest BCUT2D eigenvalue weighted by Gasteiger charge is 2.19. The van der Waals surface area contributed by atoms with Crippen molar-refractivity contribution in [2.24, 2.45) is 5.73 Å². The van der Waals surface area contributed by atoms with E-state index in [0.29, 0.717) is 0 Å². The van der Waals surface area contributed by atoms with E-state index in [2.05, 4.69) is 17.5 Å². The highest BCUT2D eigenvalue weighted by atomic mass is 16.2. The summed E-state index contributed by atoms with van der Waals surface area (Å²) >= 11 is 0. The van der Waals surface area contributed by atoms with Crippen molar-refractivity contribution in [1.82, 2.24) is 5.32 Å². The SMILES string of the molecule is N[C@@H](C(=O)NC1CC=CC1)c1ccccc1. The van der Waals surface area contributed by atoms with Gasteiger partial charge in [-0.05, 0) is 18.4 Å². The lowest BCUT2D eigenvalue weighted by Crippen LogP contribution is -2.39. The predicted octanol–water partition coefficient (Wildman–Crippen LogP) is 1.52. The fraction of sp³-hybridized carbons (Fsp3) is 0.308. The molecule has 0 fully saturated rings. The number of nitrogens with one attached hydrogen (secondary N) is 1. The molecule has 1 aromatic rings. The van der Waals surface area contributed by atoms with Crippen molar-refractivity contribution in [2.75, 3.05) is 0 Å². The summed E-state index contributed by atoms with van der Waals surface area (Å²) in [6, 6.07) is 9.09. The van der Waals surface area contributed by atoms with Crippen LogP contribution in [0.3, 0.4) is 0 Å². The minimum absolute atomic E-state index is 0.0973. The molecule has 16 heavy (non-hydrogen) atoms. The summed E-state index contributed by atoms with van der Waals surface area (Å²) in [5.41, 5.74) is 6.74. The van der Waals surface area contributed by atoms with Crippen molar-refractivity contribution >= 4 is 5.91 Å². The van der Waals surface area contributed by atoms with Crippen molar-refractivity contribution in [3.05, 3.63) is 48.0 Å². The van der Waals surface area contributed by atoms with E-state index in [0.717, 1.165) is 18.4 Å². The van der Waals surface area contributed by atoms with Crippen LogP contribution in [0.5, 0.6) is 0 Å². The molecule has 3 heteroatoms. The third-order valence-electron chi connectivity index (χ3n) is 2.80. The van der Waals surface area contributed by atoms with E-state index in [4.69, 9.17) is 5.73 Å². The fourth-order valence-corrected chi connectivity index (χ4v) is 1.84. The number of hydrogen-bond donors (Lipinski definition) is 2. The molecule has 0 saturated heterocycles. The Morgan fingerprint density at radius 3 is 2.50 bits per heavy atom. The Kier molecular flexibility index (Phi) is 3.37. The summed E-state index contributed by atoms with van der Waals surface area (Å²) < 4.78 is 0. The minimum Gasteiger partial charge on any atom is -0.351 e. The van der Waals surface area contributed by atoms with Gasteiger partial charge in [0.15, 0.2) is 0 Å². The van der Waals surface area contributed by atoms with Gasteiger partial charge in [-0.1, -0.05) is 42.5 Å². The summed E-state index contributed by atoms with van der Waals surface area (Å²) in [4.78, 5) is 11.8. The van der Waals surface area contributed by atoms with Crippen LogP contribution in [0.4, 0.5) is 0 Å². The molecule has 1 aliphatic rings. The van der Waals surface area contributed by atoms with E-state index >= 15 is 0 Å². The molecule has 1 atom stereocenters. The van der Waals surface area contributed by atoms with Gasteiger partial charge in [0.2, 0.25) is 5.91 Å². The first kappa shape index (κ1) is 10.9. The number of nitrogens with two attached hydrogens (primary N) is 1. The van der Waals surface area contributed by atoms with Gasteiger partial charge < -0.3 is 11.1 Å². The van der Waals surface area contributed by atoms with Gasteiger partial charge in [0.05, 0.1) is 0 Å². The first-order valence-electron chi connectivity index (χ1n) is 5.53. The molecule has 0 heterocycles. The molecule has 0 radical (unpaired) electrons. The molecule has 3 nitrogen and oxygen atoms in total. The summed E-state index contributed by atoms with van der Waals surface area (Å²) in [6.07, 6.45) is 5.98. The second-order valence-corrected chi connectivity index (χ2v) is 4.04. The van der Waals surface area contributed by atoms with Crippen LogP contribution in [0.15, 0.2) is 42.5 Å². The van der Waals surface area contributed by atoms with Gasteiger partial charge in [0, 0.05) is 6.04 Å². The van der Waals surface area contributed by atoms with E-state index in [9.17, 15) is 4.79 Å². The Bertz CT molecular complexity index is 378. The Balaban J connectivity index is 1.94. The van der Waals surface area contributed by atoms with Gasteiger partial charge in [-0.3, -0.25) is 4.79 Å². The molecule has 1 amide bonds. The maximum atomic E-state index is 11.8. The second kappa shape index (κ2) is 4.94. The number of carbonyl (C=O) groups is 1. The van der Waals surface area contributed by atoms with Crippen LogP contribution >= 0.6 is 0 Å². The van der Waals surface area contributed by atoms with Crippen molar-refractivity contribution in [1.29, 1.82) is 0 Å². The molecule has 0 bridgehead atoms. The minimum atomic E-state index is -0.568. The van der Waals surface area contributed by atoms with E-state index in [1.165, 1.54) is 0 Å². The van der Waals surface area contributed by atoms with Gasteiger partial charge in [-0.25, -0.2) is 0 Å². The van der Waals surface area contributed by atoms with Crippen LogP contribution < -0.4 is 11.1 Å². The Hall–Kier alpha value is -1.61. The first-order chi connectivity index (χ1) is 7.77. The van der Waals surface area contributed by atoms with Gasteiger partial charge in [-0.2, -0.15) is 0 Å². The number of hydrogen-bond acceptors (Lipinski definition) is 2. The van der Waals surface area contributed by atoms with Gasteiger partial charge in [-0.15, -0.1) is 0 Å². The van der Waals surface area contributed by atoms with Crippen LogP contribution in [0.2, 0.25) is 0 Å². The topological polar surface area (TPSA) is 55.1 Å². The summed E-state index contributed by atoms with van der Waals surface area (Å²) in [5.74, 6) is -0.0973. The Morgan fingerprint density at radius 1 is 1.25 bits per heavy atom. The molecule has 0 aliphatic heterocycles. The van der Waals surface area contributed by atoms with Gasteiger partial charge >= 0.3 is 0 Å². The smallest absolute Gasteiger partial charge is 0.241 e. The largest absolute Gasteiger partial charge is 0.351 e. The molecular formula is C13H16N2O. The van der Waals surface area contributed by atoms with Gasteiger partial charge in [0.25, 0.3) is 0 Å². The number of amides is 1. The number of rotatable bonds is 3. The molecule has 2 rings (SSSR count). The Morgan fingerprint density at radius 2 is 1.88 bits per heavy atom. The average molecular weight is 216 g/mol. The molecule has 1 aromatic carbocycles. The van der Waals surface area contributed by atoms with E-state index < -0.39 is 6.04 Å². The zero-order valence-electron chi connectivity index (χ0n) is 9.10. The zero-order valence-corrected chi connectivity index (χ0v) is 9.10. The number of carbonyl (C=O) groups excluding carboxylic acids is 1. The lowest BCUT2D eigenvalue weighted by molar-refractivity contribution is -0.123. The van der Waals surface area contributed by atoms with Crippen LogP contribution in [0, 0.1) is 0 Å². The summed E-state index contributed by atoms with van der Waals surface area (Å²) in [6.45, 7) is 0. The average Bonchev–Trinajstić information content (AvgIpc) is 2.82. The highest BCUT2D eigenvalue weighted by Crippen LogP contribution is 2.13. The second-order valence-electron chi connectivity index (χ2n) is 4.04. The van der Waals surface area contributed by atoms with Crippen molar-refractivity contribution in [3.8, 4) is 0 Å². The maximum Gasteiger partial charge on any atom is 0.241 e. The maximum absolute atomic E-state index is 11.8. The first-order valence-corrected chi connectivity index (χ1v) is 5.53. The van der Waals surface area contributed by atoms with E-state index in [1.807, 2.05) is 30.3 Å². The third-order valence-corrected chi connectivity index (χ3v) is 2.80. The monoisotopic (exact) mass is 216 g/mol. The van der Waals surface area contributed by atoms with Gasteiger partial charge in [0.1, 0.15) is 6.04 Å². The highest BCUT2D eigenvalue weighted by molar-refractivity contribution is 5.83. The lowest BCUT2D eigenvalue weighted by atomic mass is 10.1. The molecule has 84 valence electrons.